The van der Waals surface area contributed by atoms with Gasteiger partial charge in [-0.25, -0.2) is 4.79 Å². The van der Waals surface area contributed by atoms with Gasteiger partial charge in [-0.2, -0.15) is 4.99 Å². The van der Waals surface area contributed by atoms with Crippen molar-refractivity contribution in [2.75, 3.05) is 0 Å². The van der Waals surface area contributed by atoms with Crippen molar-refractivity contribution in [1.29, 1.82) is 0 Å². The van der Waals surface area contributed by atoms with E-state index in [1.165, 1.54) is 19.3 Å². The van der Waals surface area contributed by atoms with Crippen molar-refractivity contribution in [2.45, 2.75) is 52.5 Å². The first-order valence-corrected chi connectivity index (χ1v) is 4.96. The molecule has 1 aliphatic rings. The minimum absolute atomic E-state index is 0.213. The van der Waals surface area contributed by atoms with Gasteiger partial charge in [0.25, 0.3) is 0 Å². The molecule has 0 aromatic heterocycles. The van der Waals surface area contributed by atoms with E-state index in [-0.39, 0.29) is 5.54 Å². The summed E-state index contributed by atoms with van der Waals surface area (Å²) in [6.07, 6.45) is 5.29. The summed E-state index contributed by atoms with van der Waals surface area (Å²) >= 11 is 0. The number of hydrogen-bond acceptors (Lipinski definition) is 2. The van der Waals surface area contributed by atoms with Gasteiger partial charge in [-0.15, -0.1) is 0 Å². The topological polar surface area (TPSA) is 29.4 Å². The van der Waals surface area contributed by atoms with E-state index >= 15 is 0 Å². The van der Waals surface area contributed by atoms with Crippen molar-refractivity contribution < 1.29 is 4.79 Å². The van der Waals surface area contributed by atoms with Crippen LogP contribution in [0.25, 0.3) is 0 Å². The molecule has 1 rings (SSSR count). The van der Waals surface area contributed by atoms with Gasteiger partial charge in [-0.3, -0.25) is 0 Å². The summed E-state index contributed by atoms with van der Waals surface area (Å²) < 4.78 is 0. The lowest BCUT2D eigenvalue weighted by molar-refractivity contribution is 0.288. The zero-order chi connectivity index (χ0) is 10.1. The highest BCUT2D eigenvalue weighted by Crippen LogP contribution is 2.46. The van der Waals surface area contributed by atoms with Crippen LogP contribution in [-0.4, -0.2) is 11.6 Å². The molecule has 1 aliphatic carbocycles. The first kappa shape index (κ1) is 10.5. The molecule has 2 heteroatoms. The van der Waals surface area contributed by atoms with Crippen LogP contribution in [0.1, 0.15) is 47.0 Å². The van der Waals surface area contributed by atoms with Crippen LogP contribution >= 0.6 is 0 Å². The predicted octanol–water partition coefficient (Wildman–Crippen LogP) is 2.93. The van der Waals surface area contributed by atoms with Crippen LogP contribution in [0, 0.1) is 11.3 Å². The molecule has 0 heterocycles. The molecule has 0 radical (unpaired) electrons. The Morgan fingerprint density at radius 2 is 2.08 bits per heavy atom. The molecule has 1 fully saturated rings. The average Bonchev–Trinajstić information content (AvgIpc) is 2.30. The van der Waals surface area contributed by atoms with Crippen LogP contribution in [0.2, 0.25) is 0 Å². The first-order valence-electron chi connectivity index (χ1n) is 4.96. The summed E-state index contributed by atoms with van der Waals surface area (Å²) in [5, 5.41) is 0. The zero-order valence-corrected chi connectivity index (χ0v) is 9.05. The Bertz CT molecular complexity index is 236. The molecule has 1 unspecified atom stereocenters. The van der Waals surface area contributed by atoms with Crippen molar-refractivity contribution in [3.8, 4) is 0 Å². The van der Waals surface area contributed by atoms with E-state index < -0.39 is 0 Å². The number of rotatable bonds is 2. The normalized spacial score (nSPS) is 26.9. The second kappa shape index (κ2) is 3.26. The Morgan fingerprint density at radius 3 is 2.46 bits per heavy atom. The second-order valence-corrected chi connectivity index (χ2v) is 5.46. The van der Waals surface area contributed by atoms with Crippen LogP contribution in [0.15, 0.2) is 4.99 Å². The van der Waals surface area contributed by atoms with E-state index in [0.717, 1.165) is 0 Å². The van der Waals surface area contributed by atoms with Crippen LogP contribution in [0.4, 0.5) is 0 Å². The summed E-state index contributed by atoms with van der Waals surface area (Å²) in [5.74, 6) is 0.545. The van der Waals surface area contributed by atoms with E-state index in [9.17, 15) is 4.79 Å². The smallest absolute Gasteiger partial charge is 0.211 e. The molecule has 0 aromatic carbocycles. The number of isocyanates is 1. The molecular weight excluding hydrogens is 162 g/mol. The highest BCUT2D eigenvalue weighted by molar-refractivity contribution is 5.34. The van der Waals surface area contributed by atoms with E-state index in [4.69, 9.17) is 0 Å². The molecule has 74 valence electrons. The average molecular weight is 181 g/mol. The highest BCUT2D eigenvalue weighted by Gasteiger charge is 2.39. The largest absolute Gasteiger partial charge is 0.235 e. The van der Waals surface area contributed by atoms with Gasteiger partial charge in [-0.05, 0) is 44.4 Å². The molecular formula is C11H19NO. The van der Waals surface area contributed by atoms with Crippen LogP contribution in [0.5, 0.6) is 0 Å². The molecule has 1 atom stereocenters. The lowest BCUT2D eigenvalue weighted by Gasteiger charge is -2.27. The van der Waals surface area contributed by atoms with Gasteiger partial charge in [0.2, 0.25) is 6.08 Å². The highest BCUT2D eigenvalue weighted by atomic mass is 16.1. The Hall–Kier alpha value is -0.620. The van der Waals surface area contributed by atoms with E-state index in [1.54, 1.807) is 6.08 Å². The number of hydrogen-bond donors (Lipinski definition) is 0. The van der Waals surface area contributed by atoms with Crippen molar-refractivity contribution in [3.63, 3.8) is 0 Å². The third kappa shape index (κ3) is 2.41. The monoisotopic (exact) mass is 181 g/mol. The molecule has 0 amide bonds. The molecule has 0 saturated heterocycles. The third-order valence-electron chi connectivity index (χ3n) is 3.30. The minimum Gasteiger partial charge on any atom is -0.211 e. The molecule has 0 aromatic rings. The van der Waals surface area contributed by atoms with Gasteiger partial charge in [0.1, 0.15) is 0 Å². The molecule has 0 spiro atoms. The molecule has 0 N–H and O–H groups in total. The van der Waals surface area contributed by atoms with Gasteiger partial charge >= 0.3 is 0 Å². The quantitative estimate of drug-likeness (QED) is 0.475. The van der Waals surface area contributed by atoms with Gasteiger partial charge in [0, 0.05) is 0 Å². The number of nitrogens with zero attached hydrogens (tertiary/aromatic N) is 1. The van der Waals surface area contributed by atoms with Gasteiger partial charge in [0.05, 0.1) is 5.54 Å². The number of aliphatic imine (C=N–C) groups is 1. The molecule has 2 nitrogen and oxygen atoms in total. The Kier molecular flexibility index (Phi) is 2.63. The van der Waals surface area contributed by atoms with Gasteiger partial charge in [-0.1, -0.05) is 13.8 Å². The summed E-state index contributed by atoms with van der Waals surface area (Å²) in [6, 6.07) is 0. The SMILES string of the molecule is CC1(C)CCC(C(C)(C)N=C=O)C1. The van der Waals surface area contributed by atoms with Gasteiger partial charge < -0.3 is 0 Å². The molecule has 0 aliphatic heterocycles. The Morgan fingerprint density at radius 1 is 1.46 bits per heavy atom. The number of carbonyl (C=O) groups excluding carboxylic acids is 1. The summed E-state index contributed by atoms with van der Waals surface area (Å²) in [4.78, 5) is 14.1. The minimum atomic E-state index is -0.213. The lowest BCUT2D eigenvalue weighted by Crippen LogP contribution is -2.27. The fourth-order valence-corrected chi connectivity index (χ4v) is 2.25. The molecule has 0 bridgehead atoms. The van der Waals surface area contributed by atoms with Crippen LogP contribution in [0.3, 0.4) is 0 Å². The van der Waals surface area contributed by atoms with Crippen molar-refractivity contribution >= 4 is 6.08 Å². The second-order valence-electron chi connectivity index (χ2n) is 5.46. The van der Waals surface area contributed by atoms with Crippen molar-refractivity contribution in [2.24, 2.45) is 16.3 Å². The third-order valence-corrected chi connectivity index (χ3v) is 3.30. The Balaban J connectivity index is 2.70. The summed E-state index contributed by atoms with van der Waals surface area (Å²) in [6.45, 7) is 8.63. The Labute approximate surface area is 80.4 Å². The van der Waals surface area contributed by atoms with E-state index in [2.05, 4.69) is 18.8 Å². The standard InChI is InChI=1S/C11H19NO/c1-10(2)6-5-9(7-10)11(3,4)12-8-13/h9H,5-7H2,1-4H3. The first-order chi connectivity index (χ1) is 5.87. The molecule has 1 saturated carbocycles. The lowest BCUT2D eigenvalue weighted by atomic mass is 9.83. The van der Waals surface area contributed by atoms with Crippen LogP contribution in [-0.2, 0) is 4.79 Å². The maximum Gasteiger partial charge on any atom is 0.235 e. The van der Waals surface area contributed by atoms with E-state index in [1.807, 2.05) is 13.8 Å². The fraction of sp³-hybridized carbons (Fsp3) is 0.909. The predicted molar refractivity (Wildman–Crippen MR) is 53.3 cm³/mol. The summed E-state index contributed by atoms with van der Waals surface area (Å²) in [5.41, 5.74) is 0.218. The maximum atomic E-state index is 10.2. The van der Waals surface area contributed by atoms with Crippen molar-refractivity contribution in [1.82, 2.24) is 0 Å². The molecule has 13 heavy (non-hydrogen) atoms. The van der Waals surface area contributed by atoms with Gasteiger partial charge in [0.15, 0.2) is 0 Å². The maximum absolute atomic E-state index is 10.2. The summed E-state index contributed by atoms with van der Waals surface area (Å²) in [7, 11) is 0. The van der Waals surface area contributed by atoms with Crippen LogP contribution < -0.4 is 0 Å². The zero-order valence-electron chi connectivity index (χ0n) is 9.05. The van der Waals surface area contributed by atoms with Crippen molar-refractivity contribution in [3.05, 3.63) is 0 Å². The fourth-order valence-electron chi connectivity index (χ4n) is 2.25. The van der Waals surface area contributed by atoms with E-state index in [0.29, 0.717) is 11.3 Å².